The van der Waals surface area contributed by atoms with Crippen LogP contribution in [0.3, 0.4) is 0 Å². The fourth-order valence-electron chi connectivity index (χ4n) is 3.04. The standard InChI is InChI=1S/C22H29BN2O6/c1-21(2)22(3,4)31-23(30-21)17-10-16(11-24-12-17)19(27)18(26)13-25-20(28)29-14-15-8-6-5-7-9-15/h5-12,18-19,26-27H,13-14H2,1-4H3,(H,25,28). The summed E-state index contributed by atoms with van der Waals surface area (Å²) in [5, 5.41) is 23.3. The Morgan fingerprint density at radius 2 is 1.77 bits per heavy atom. The number of benzene rings is 1. The fraction of sp³-hybridized carbons (Fsp3) is 0.455. The zero-order valence-electron chi connectivity index (χ0n) is 18.2. The Kier molecular flexibility index (Phi) is 7.01. The summed E-state index contributed by atoms with van der Waals surface area (Å²) in [6.07, 6.45) is -0.136. The second kappa shape index (κ2) is 9.36. The molecule has 31 heavy (non-hydrogen) atoms. The number of nitrogens with one attached hydrogen (secondary N) is 1. The molecular weight excluding hydrogens is 399 g/mol. The van der Waals surface area contributed by atoms with E-state index in [2.05, 4.69) is 10.3 Å². The minimum Gasteiger partial charge on any atom is -0.445 e. The van der Waals surface area contributed by atoms with Gasteiger partial charge in [0.15, 0.2) is 0 Å². The van der Waals surface area contributed by atoms with Gasteiger partial charge in [-0.05, 0) is 33.3 Å². The van der Waals surface area contributed by atoms with Gasteiger partial charge in [-0.1, -0.05) is 36.4 Å². The summed E-state index contributed by atoms with van der Waals surface area (Å²) in [5.41, 5.74) is 0.867. The molecule has 8 nitrogen and oxygen atoms in total. The molecule has 3 N–H and O–H groups in total. The lowest BCUT2D eigenvalue weighted by Crippen LogP contribution is -2.41. The lowest BCUT2D eigenvalue weighted by Gasteiger charge is -2.32. The molecule has 3 rings (SSSR count). The molecule has 2 atom stereocenters. The summed E-state index contributed by atoms with van der Waals surface area (Å²) in [5.74, 6) is 0. The van der Waals surface area contributed by atoms with Gasteiger partial charge in [-0.25, -0.2) is 4.79 Å². The Labute approximate surface area is 182 Å². The number of aromatic nitrogens is 1. The number of aliphatic hydroxyl groups is 2. The summed E-state index contributed by atoms with van der Waals surface area (Å²) >= 11 is 0. The summed E-state index contributed by atoms with van der Waals surface area (Å²) in [7, 11) is -0.632. The number of carbonyl (C=O) groups is 1. The van der Waals surface area contributed by atoms with E-state index in [1.54, 1.807) is 12.3 Å². The average molecular weight is 428 g/mol. The highest BCUT2D eigenvalue weighted by Gasteiger charge is 2.51. The third-order valence-electron chi connectivity index (χ3n) is 5.68. The molecule has 0 bridgehead atoms. The van der Waals surface area contributed by atoms with Crippen LogP contribution in [0.2, 0.25) is 0 Å². The van der Waals surface area contributed by atoms with Crippen LogP contribution < -0.4 is 10.8 Å². The van der Waals surface area contributed by atoms with Crippen molar-refractivity contribution < 1.29 is 29.1 Å². The molecule has 0 saturated carbocycles. The number of alkyl carbamates (subject to hydrolysis) is 1. The van der Waals surface area contributed by atoms with Crippen molar-refractivity contribution in [3.8, 4) is 0 Å². The molecule has 0 spiro atoms. The maximum absolute atomic E-state index is 11.9. The highest BCUT2D eigenvalue weighted by atomic mass is 16.7. The predicted molar refractivity (Wildman–Crippen MR) is 116 cm³/mol. The van der Waals surface area contributed by atoms with Crippen molar-refractivity contribution in [1.29, 1.82) is 0 Å². The molecule has 0 radical (unpaired) electrons. The lowest BCUT2D eigenvalue weighted by atomic mass is 9.79. The quantitative estimate of drug-likeness (QED) is 0.576. The third-order valence-corrected chi connectivity index (χ3v) is 5.68. The van der Waals surface area contributed by atoms with E-state index in [9.17, 15) is 15.0 Å². The normalized spacial score (nSPS) is 19.0. The number of carbonyl (C=O) groups excluding carboxylic acids is 1. The summed E-state index contributed by atoms with van der Waals surface area (Å²) < 4.78 is 17.1. The number of pyridine rings is 1. The second-order valence-corrected chi connectivity index (χ2v) is 8.59. The molecule has 1 fully saturated rings. The van der Waals surface area contributed by atoms with Crippen molar-refractivity contribution in [3.63, 3.8) is 0 Å². The molecule has 1 amide bonds. The molecule has 2 aromatic rings. The highest BCUT2D eigenvalue weighted by molar-refractivity contribution is 6.62. The van der Waals surface area contributed by atoms with Gasteiger partial charge in [0, 0.05) is 30.0 Å². The predicted octanol–water partition coefficient (Wildman–Crippen LogP) is 1.70. The molecule has 2 unspecified atom stereocenters. The molecule has 166 valence electrons. The molecule has 1 aliphatic rings. The maximum Gasteiger partial charge on any atom is 0.496 e. The maximum atomic E-state index is 11.9. The van der Waals surface area contributed by atoms with Gasteiger partial charge in [-0.3, -0.25) is 4.98 Å². The number of nitrogens with zero attached hydrogens (tertiary/aromatic N) is 1. The van der Waals surface area contributed by atoms with Crippen LogP contribution in [-0.4, -0.2) is 52.3 Å². The first-order chi connectivity index (χ1) is 14.6. The van der Waals surface area contributed by atoms with Crippen LogP contribution in [0.5, 0.6) is 0 Å². The Bertz CT molecular complexity index is 877. The SMILES string of the molecule is CC1(C)OB(c2cncc(C(O)C(O)CNC(=O)OCc3ccccc3)c2)OC1(C)C. The van der Waals surface area contributed by atoms with Crippen LogP contribution in [0, 0.1) is 0 Å². The number of hydrogen-bond acceptors (Lipinski definition) is 7. The van der Waals surface area contributed by atoms with Gasteiger partial charge < -0.3 is 29.6 Å². The van der Waals surface area contributed by atoms with E-state index in [4.69, 9.17) is 14.0 Å². The Hall–Kier alpha value is -2.46. The van der Waals surface area contributed by atoms with Crippen LogP contribution in [0.4, 0.5) is 4.79 Å². The number of rotatable bonds is 7. The van der Waals surface area contributed by atoms with Crippen LogP contribution >= 0.6 is 0 Å². The number of aliphatic hydroxyl groups excluding tert-OH is 2. The first kappa shape index (κ1) is 23.2. The van der Waals surface area contributed by atoms with E-state index in [0.717, 1.165) is 5.56 Å². The molecule has 1 aromatic heterocycles. The Morgan fingerprint density at radius 1 is 1.13 bits per heavy atom. The monoisotopic (exact) mass is 428 g/mol. The van der Waals surface area contributed by atoms with Crippen molar-refractivity contribution in [2.24, 2.45) is 0 Å². The van der Waals surface area contributed by atoms with Crippen molar-refractivity contribution in [2.45, 2.75) is 57.7 Å². The Balaban J connectivity index is 1.54. The van der Waals surface area contributed by atoms with Crippen LogP contribution in [0.1, 0.15) is 44.9 Å². The number of amides is 1. The van der Waals surface area contributed by atoms with Gasteiger partial charge in [0.25, 0.3) is 0 Å². The summed E-state index contributed by atoms with van der Waals surface area (Å²) in [6, 6.07) is 10.9. The third kappa shape index (κ3) is 5.62. The van der Waals surface area contributed by atoms with E-state index < -0.39 is 36.6 Å². The largest absolute Gasteiger partial charge is 0.496 e. The van der Waals surface area contributed by atoms with Gasteiger partial charge in [-0.2, -0.15) is 0 Å². The number of hydrogen-bond donors (Lipinski definition) is 3. The van der Waals surface area contributed by atoms with E-state index in [1.807, 2.05) is 58.0 Å². The minimum atomic E-state index is -1.26. The van der Waals surface area contributed by atoms with Crippen molar-refractivity contribution in [3.05, 3.63) is 59.9 Å². The van der Waals surface area contributed by atoms with Crippen LogP contribution in [0.25, 0.3) is 0 Å². The topological polar surface area (TPSA) is 110 Å². The molecule has 2 heterocycles. The lowest BCUT2D eigenvalue weighted by molar-refractivity contribution is 0.00578. The Morgan fingerprint density at radius 3 is 2.42 bits per heavy atom. The van der Waals surface area contributed by atoms with Crippen molar-refractivity contribution in [2.75, 3.05) is 6.54 Å². The summed E-state index contributed by atoms with van der Waals surface area (Å²) in [6.45, 7) is 7.73. The van der Waals surface area contributed by atoms with E-state index in [1.165, 1.54) is 6.20 Å². The highest BCUT2D eigenvalue weighted by Crippen LogP contribution is 2.36. The van der Waals surface area contributed by atoms with Gasteiger partial charge >= 0.3 is 13.2 Å². The molecule has 9 heteroatoms. The zero-order chi connectivity index (χ0) is 22.6. The molecule has 1 aromatic carbocycles. The zero-order valence-corrected chi connectivity index (χ0v) is 18.2. The minimum absolute atomic E-state index is 0.116. The number of ether oxygens (including phenoxy) is 1. The van der Waals surface area contributed by atoms with Crippen LogP contribution in [0.15, 0.2) is 48.8 Å². The van der Waals surface area contributed by atoms with E-state index in [-0.39, 0.29) is 13.2 Å². The van der Waals surface area contributed by atoms with Crippen LogP contribution in [-0.2, 0) is 20.7 Å². The van der Waals surface area contributed by atoms with E-state index >= 15 is 0 Å². The van der Waals surface area contributed by atoms with Gasteiger partial charge in [0.1, 0.15) is 18.8 Å². The molecule has 1 aliphatic heterocycles. The molecule has 1 saturated heterocycles. The van der Waals surface area contributed by atoms with Gasteiger partial charge in [-0.15, -0.1) is 0 Å². The molecular formula is C22H29BN2O6. The molecule has 0 aliphatic carbocycles. The first-order valence-corrected chi connectivity index (χ1v) is 10.2. The second-order valence-electron chi connectivity index (χ2n) is 8.59. The van der Waals surface area contributed by atoms with Crippen molar-refractivity contribution >= 4 is 18.7 Å². The summed E-state index contributed by atoms with van der Waals surface area (Å²) in [4.78, 5) is 16.0. The fourth-order valence-corrected chi connectivity index (χ4v) is 3.04. The van der Waals surface area contributed by atoms with Gasteiger partial charge in [0.05, 0.1) is 11.2 Å². The van der Waals surface area contributed by atoms with E-state index in [0.29, 0.717) is 11.0 Å². The van der Waals surface area contributed by atoms with Gasteiger partial charge in [0.2, 0.25) is 0 Å². The first-order valence-electron chi connectivity index (χ1n) is 10.2. The smallest absolute Gasteiger partial charge is 0.445 e. The van der Waals surface area contributed by atoms with Crippen molar-refractivity contribution in [1.82, 2.24) is 10.3 Å². The average Bonchev–Trinajstić information content (AvgIpc) is 2.97.